The molecule has 100 valence electrons. The Balaban J connectivity index is 1.97. The van der Waals surface area contributed by atoms with Crippen LogP contribution in [0.15, 0.2) is 18.2 Å². The topological polar surface area (TPSA) is 26.0 Å². The SMILES string of the molecule is Cc1ccc(C(N)CC2CCCCCC2)cc1C. The molecule has 0 radical (unpaired) electrons. The first-order chi connectivity index (χ1) is 8.66. The quantitative estimate of drug-likeness (QED) is 0.770. The number of aryl methyl sites for hydroxylation is 2. The van der Waals surface area contributed by atoms with Gasteiger partial charge >= 0.3 is 0 Å². The number of benzene rings is 1. The van der Waals surface area contributed by atoms with Gasteiger partial charge in [-0.05, 0) is 42.9 Å². The van der Waals surface area contributed by atoms with Crippen LogP contribution in [0.1, 0.15) is 67.7 Å². The van der Waals surface area contributed by atoms with E-state index < -0.39 is 0 Å². The van der Waals surface area contributed by atoms with Crippen molar-refractivity contribution in [3.8, 4) is 0 Å². The third-order valence-corrected chi connectivity index (χ3v) is 4.52. The van der Waals surface area contributed by atoms with Crippen LogP contribution in [0.4, 0.5) is 0 Å². The van der Waals surface area contributed by atoms with Crippen molar-refractivity contribution in [2.75, 3.05) is 0 Å². The summed E-state index contributed by atoms with van der Waals surface area (Å²) in [5.41, 5.74) is 10.4. The van der Waals surface area contributed by atoms with Gasteiger partial charge in [-0.1, -0.05) is 56.7 Å². The summed E-state index contributed by atoms with van der Waals surface area (Å²) in [6.45, 7) is 4.34. The Morgan fingerprint density at radius 2 is 1.72 bits per heavy atom. The molecule has 1 aliphatic carbocycles. The molecule has 18 heavy (non-hydrogen) atoms. The van der Waals surface area contributed by atoms with Gasteiger partial charge in [0.15, 0.2) is 0 Å². The lowest BCUT2D eigenvalue weighted by Gasteiger charge is -2.20. The van der Waals surface area contributed by atoms with Crippen molar-refractivity contribution >= 4 is 0 Å². The summed E-state index contributed by atoms with van der Waals surface area (Å²) in [5, 5.41) is 0. The number of hydrogen-bond donors (Lipinski definition) is 1. The van der Waals surface area contributed by atoms with E-state index in [-0.39, 0.29) is 6.04 Å². The maximum Gasteiger partial charge on any atom is 0.0297 e. The Morgan fingerprint density at radius 3 is 2.33 bits per heavy atom. The molecular weight excluding hydrogens is 218 g/mol. The number of rotatable bonds is 3. The van der Waals surface area contributed by atoms with E-state index in [9.17, 15) is 0 Å². The zero-order valence-electron chi connectivity index (χ0n) is 11.9. The Labute approximate surface area is 112 Å². The van der Waals surface area contributed by atoms with Gasteiger partial charge in [-0.25, -0.2) is 0 Å². The van der Waals surface area contributed by atoms with Crippen LogP contribution in [-0.4, -0.2) is 0 Å². The van der Waals surface area contributed by atoms with Crippen LogP contribution in [-0.2, 0) is 0 Å². The highest BCUT2D eigenvalue weighted by Crippen LogP contribution is 2.30. The third kappa shape index (κ3) is 3.58. The fraction of sp³-hybridized carbons (Fsp3) is 0.647. The lowest BCUT2D eigenvalue weighted by atomic mass is 9.89. The van der Waals surface area contributed by atoms with Crippen LogP contribution in [0, 0.1) is 19.8 Å². The third-order valence-electron chi connectivity index (χ3n) is 4.52. The highest BCUT2D eigenvalue weighted by atomic mass is 14.6. The highest BCUT2D eigenvalue weighted by Gasteiger charge is 2.17. The molecule has 1 aromatic rings. The van der Waals surface area contributed by atoms with E-state index in [0.29, 0.717) is 0 Å². The average Bonchev–Trinajstić information content (AvgIpc) is 2.61. The lowest BCUT2D eigenvalue weighted by molar-refractivity contribution is 0.393. The minimum absolute atomic E-state index is 0.229. The maximum absolute atomic E-state index is 6.40. The summed E-state index contributed by atoms with van der Waals surface area (Å²) in [7, 11) is 0. The molecule has 0 heterocycles. The molecule has 1 aliphatic rings. The van der Waals surface area contributed by atoms with Crippen LogP contribution >= 0.6 is 0 Å². The van der Waals surface area contributed by atoms with Crippen molar-refractivity contribution in [2.45, 2.75) is 64.8 Å². The van der Waals surface area contributed by atoms with Gasteiger partial charge in [0.2, 0.25) is 0 Å². The van der Waals surface area contributed by atoms with Crippen molar-refractivity contribution in [1.29, 1.82) is 0 Å². The second kappa shape index (κ2) is 6.38. The molecule has 1 saturated carbocycles. The fourth-order valence-corrected chi connectivity index (χ4v) is 3.09. The second-order valence-electron chi connectivity index (χ2n) is 6.04. The monoisotopic (exact) mass is 245 g/mol. The van der Waals surface area contributed by atoms with Crippen LogP contribution in [0.2, 0.25) is 0 Å². The highest BCUT2D eigenvalue weighted by molar-refractivity contribution is 5.31. The second-order valence-corrected chi connectivity index (χ2v) is 6.04. The van der Waals surface area contributed by atoms with E-state index in [2.05, 4.69) is 32.0 Å². The zero-order valence-corrected chi connectivity index (χ0v) is 11.9. The molecule has 0 spiro atoms. The van der Waals surface area contributed by atoms with Crippen LogP contribution in [0.3, 0.4) is 0 Å². The molecular formula is C17H27N. The molecule has 2 N–H and O–H groups in total. The number of nitrogens with two attached hydrogens (primary N) is 1. The minimum Gasteiger partial charge on any atom is -0.324 e. The first kappa shape index (κ1) is 13.6. The van der Waals surface area contributed by atoms with Gasteiger partial charge in [0.05, 0.1) is 0 Å². The van der Waals surface area contributed by atoms with Gasteiger partial charge in [-0.3, -0.25) is 0 Å². The summed E-state index contributed by atoms with van der Waals surface area (Å²) in [6.07, 6.45) is 9.61. The van der Waals surface area contributed by atoms with Crippen molar-refractivity contribution in [3.63, 3.8) is 0 Å². The van der Waals surface area contributed by atoms with Crippen LogP contribution < -0.4 is 5.73 Å². The Hall–Kier alpha value is -0.820. The Bertz CT molecular complexity index is 375. The van der Waals surface area contributed by atoms with E-state index in [1.807, 2.05) is 0 Å². The molecule has 0 saturated heterocycles. The van der Waals surface area contributed by atoms with Gasteiger partial charge in [-0.2, -0.15) is 0 Å². The summed E-state index contributed by atoms with van der Waals surface area (Å²) in [6, 6.07) is 6.92. The van der Waals surface area contributed by atoms with Gasteiger partial charge < -0.3 is 5.73 Å². The summed E-state index contributed by atoms with van der Waals surface area (Å²) in [5.74, 6) is 0.851. The van der Waals surface area contributed by atoms with Gasteiger partial charge in [0.1, 0.15) is 0 Å². The first-order valence-electron chi connectivity index (χ1n) is 7.49. The predicted molar refractivity (Wildman–Crippen MR) is 78.7 cm³/mol. The molecule has 1 fully saturated rings. The Kier molecular flexibility index (Phi) is 4.82. The maximum atomic E-state index is 6.40. The normalized spacial score (nSPS) is 19.5. The minimum atomic E-state index is 0.229. The molecule has 1 heteroatoms. The zero-order chi connectivity index (χ0) is 13.0. The molecule has 1 unspecified atom stereocenters. The van der Waals surface area contributed by atoms with E-state index in [1.54, 1.807) is 0 Å². The molecule has 2 rings (SSSR count). The molecule has 1 atom stereocenters. The Morgan fingerprint density at radius 1 is 1.06 bits per heavy atom. The summed E-state index contributed by atoms with van der Waals surface area (Å²) in [4.78, 5) is 0. The average molecular weight is 245 g/mol. The standard InChI is InChI=1S/C17H27N/c1-13-9-10-16(11-14(13)2)17(18)12-15-7-5-3-4-6-8-15/h9-11,15,17H,3-8,12,18H2,1-2H3. The van der Waals surface area contributed by atoms with E-state index in [0.717, 1.165) is 5.92 Å². The van der Waals surface area contributed by atoms with Gasteiger partial charge in [0.25, 0.3) is 0 Å². The first-order valence-corrected chi connectivity index (χ1v) is 7.49. The lowest BCUT2D eigenvalue weighted by Crippen LogP contribution is -2.15. The smallest absolute Gasteiger partial charge is 0.0297 e. The summed E-state index contributed by atoms with van der Waals surface area (Å²) < 4.78 is 0. The largest absolute Gasteiger partial charge is 0.324 e. The predicted octanol–water partition coefficient (Wildman–Crippen LogP) is 4.66. The summed E-state index contributed by atoms with van der Waals surface area (Å²) >= 11 is 0. The molecule has 0 aromatic heterocycles. The fourth-order valence-electron chi connectivity index (χ4n) is 3.09. The van der Waals surface area contributed by atoms with Crippen molar-refractivity contribution < 1.29 is 0 Å². The van der Waals surface area contributed by atoms with Crippen LogP contribution in [0.5, 0.6) is 0 Å². The molecule has 0 amide bonds. The van der Waals surface area contributed by atoms with Crippen molar-refractivity contribution in [1.82, 2.24) is 0 Å². The van der Waals surface area contributed by atoms with Crippen molar-refractivity contribution in [2.24, 2.45) is 11.7 Å². The molecule has 1 nitrogen and oxygen atoms in total. The van der Waals surface area contributed by atoms with Crippen molar-refractivity contribution in [3.05, 3.63) is 34.9 Å². The molecule has 0 bridgehead atoms. The van der Waals surface area contributed by atoms with E-state index >= 15 is 0 Å². The molecule has 0 aliphatic heterocycles. The molecule has 1 aromatic carbocycles. The van der Waals surface area contributed by atoms with Crippen LogP contribution in [0.25, 0.3) is 0 Å². The number of hydrogen-bond acceptors (Lipinski definition) is 1. The van der Waals surface area contributed by atoms with Gasteiger partial charge in [0, 0.05) is 6.04 Å². The van der Waals surface area contributed by atoms with Gasteiger partial charge in [-0.15, -0.1) is 0 Å². The van der Waals surface area contributed by atoms with E-state index in [1.165, 1.54) is 61.6 Å². The van der Waals surface area contributed by atoms with E-state index in [4.69, 9.17) is 5.73 Å².